The fourth-order valence-electron chi connectivity index (χ4n) is 4.25. The van der Waals surface area contributed by atoms with E-state index in [1.54, 1.807) is 21.3 Å². The summed E-state index contributed by atoms with van der Waals surface area (Å²) in [6.45, 7) is 3.36. The van der Waals surface area contributed by atoms with Crippen LogP contribution in [-0.2, 0) is 5.41 Å². The van der Waals surface area contributed by atoms with Crippen LogP contribution >= 0.6 is 0 Å². The molecule has 0 radical (unpaired) electrons. The van der Waals surface area contributed by atoms with Crippen molar-refractivity contribution in [1.29, 1.82) is 0 Å². The lowest BCUT2D eigenvalue weighted by molar-refractivity contribution is 0.264. The van der Waals surface area contributed by atoms with Gasteiger partial charge in [-0.1, -0.05) is 11.6 Å². The Morgan fingerprint density at radius 1 is 1.04 bits per heavy atom. The summed E-state index contributed by atoms with van der Waals surface area (Å²) in [6.07, 6.45) is 5.93. The Kier molecular flexibility index (Phi) is 4.28. The van der Waals surface area contributed by atoms with Crippen molar-refractivity contribution in [3.05, 3.63) is 29.3 Å². The summed E-state index contributed by atoms with van der Waals surface area (Å²) in [5.41, 5.74) is 2.93. The van der Waals surface area contributed by atoms with Crippen LogP contribution < -0.4 is 14.2 Å². The number of benzene rings is 1. The molecular formula is C19H27NO3. The Morgan fingerprint density at radius 3 is 2.26 bits per heavy atom. The van der Waals surface area contributed by atoms with E-state index in [2.05, 4.69) is 37.1 Å². The number of likely N-dealkylation sites (N-methyl/N-ethyl adjacent to an activating group) is 1. The van der Waals surface area contributed by atoms with Crippen molar-refractivity contribution >= 4 is 0 Å². The van der Waals surface area contributed by atoms with Crippen LogP contribution in [0.15, 0.2) is 23.8 Å². The minimum atomic E-state index is 0.140. The highest BCUT2D eigenvalue weighted by Gasteiger charge is 2.48. The Hall–Kier alpha value is -1.68. The summed E-state index contributed by atoms with van der Waals surface area (Å²) in [7, 11) is 7.24. The second kappa shape index (κ2) is 6.08. The largest absolute Gasteiger partial charge is 0.493 e. The average Bonchev–Trinajstić information content (AvgIpc) is 2.91. The first kappa shape index (κ1) is 16.2. The third-order valence-electron chi connectivity index (χ3n) is 5.60. The molecule has 4 heteroatoms. The Labute approximate surface area is 139 Å². The first-order valence-corrected chi connectivity index (χ1v) is 8.23. The van der Waals surface area contributed by atoms with Crippen LogP contribution in [-0.4, -0.2) is 45.9 Å². The number of likely N-dealkylation sites (tertiary alicyclic amines) is 1. The number of rotatable bonds is 4. The summed E-state index contributed by atoms with van der Waals surface area (Å²) < 4.78 is 16.6. The Bertz CT molecular complexity index is 600. The van der Waals surface area contributed by atoms with Crippen LogP contribution in [0.2, 0.25) is 0 Å². The van der Waals surface area contributed by atoms with Gasteiger partial charge in [-0.3, -0.25) is 4.90 Å². The Balaban J connectivity index is 2.14. The zero-order valence-corrected chi connectivity index (χ0v) is 14.8. The highest BCUT2D eigenvalue weighted by molar-refractivity contribution is 5.56. The highest BCUT2D eigenvalue weighted by atomic mass is 16.5. The maximum Gasteiger partial charge on any atom is 0.203 e. The van der Waals surface area contributed by atoms with Crippen molar-refractivity contribution in [2.45, 2.75) is 37.6 Å². The van der Waals surface area contributed by atoms with Gasteiger partial charge in [0.15, 0.2) is 11.5 Å². The number of ether oxygens (including phenoxy) is 3. The monoisotopic (exact) mass is 317 g/mol. The summed E-state index contributed by atoms with van der Waals surface area (Å²) in [6, 6.07) is 4.73. The van der Waals surface area contributed by atoms with Gasteiger partial charge in [-0.05, 0) is 57.5 Å². The van der Waals surface area contributed by atoms with Gasteiger partial charge >= 0.3 is 0 Å². The first-order chi connectivity index (χ1) is 11.1. The third kappa shape index (κ3) is 2.49. The van der Waals surface area contributed by atoms with E-state index in [4.69, 9.17) is 14.2 Å². The number of allylic oxidation sites excluding steroid dienone is 1. The molecule has 1 saturated heterocycles. The molecule has 126 valence electrons. The number of hydrogen-bond donors (Lipinski definition) is 0. The van der Waals surface area contributed by atoms with Gasteiger partial charge in [-0.15, -0.1) is 0 Å². The molecule has 4 nitrogen and oxygen atoms in total. The number of hydrogen-bond acceptors (Lipinski definition) is 4. The zero-order valence-electron chi connectivity index (χ0n) is 14.8. The molecule has 1 aromatic rings. The van der Waals surface area contributed by atoms with E-state index in [0.717, 1.165) is 30.9 Å². The van der Waals surface area contributed by atoms with Gasteiger partial charge in [0.2, 0.25) is 5.75 Å². The van der Waals surface area contributed by atoms with Gasteiger partial charge < -0.3 is 14.2 Å². The molecule has 0 amide bonds. The molecule has 1 fully saturated rings. The lowest BCUT2D eigenvalue weighted by atomic mass is 9.67. The summed E-state index contributed by atoms with van der Waals surface area (Å²) in [5, 5.41) is 0. The van der Waals surface area contributed by atoms with Gasteiger partial charge in [-0.2, -0.15) is 0 Å². The molecule has 0 spiro atoms. The standard InChI is InChI=1S/C19H27NO3/c1-13-6-7-19(8-9-20(2)17(19)10-13)14-11-15(21-3)18(23-5)16(12-14)22-4/h10-12,17H,6-9H2,1-5H3/t17-,19-/m0/s1. The molecule has 0 N–H and O–H groups in total. The number of methoxy groups -OCH3 is 3. The molecule has 1 aromatic carbocycles. The van der Waals surface area contributed by atoms with Gasteiger partial charge in [-0.25, -0.2) is 0 Å². The fraction of sp³-hybridized carbons (Fsp3) is 0.579. The summed E-state index contributed by atoms with van der Waals surface area (Å²) >= 11 is 0. The highest BCUT2D eigenvalue weighted by Crippen LogP contribution is 2.51. The second-order valence-electron chi connectivity index (χ2n) is 6.76. The predicted molar refractivity (Wildman–Crippen MR) is 91.8 cm³/mol. The van der Waals surface area contributed by atoms with Gasteiger partial charge in [0.1, 0.15) is 0 Å². The van der Waals surface area contributed by atoms with Crippen molar-refractivity contribution in [3.63, 3.8) is 0 Å². The van der Waals surface area contributed by atoms with E-state index in [9.17, 15) is 0 Å². The zero-order chi connectivity index (χ0) is 16.6. The van der Waals surface area contributed by atoms with Crippen LogP contribution in [0.1, 0.15) is 31.7 Å². The van der Waals surface area contributed by atoms with Crippen LogP contribution in [0, 0.1) is 0 Å². The third-order valence-corrected chi connectivity index (χ3v) is 5.60. The van der Waals surface area contributed by atoms with Crippen LogP contribution in [0.25, 0.3) is 0 Å². The molecule has 2 atom stereocenters. The molecule has 3 rings (SSSR count). The molecule has 2 aliphatic rings. The van der Waals surface area contributed by atoms with Crippen LogP contribution in [0.3, 0.4) is 0 Å². The molecular weight excluding hydrogens is 290 g/mol. The van der Waals surface area contributed by atoms with E-state index in [0.29, 0.717) is 11.8 Å². The van der Waals surface area contributed by atoms with Gasteiger partial charge in [0.25, 0.3) is 0 Å². The molecule has 1 aliphatic heterocycles. The Morgan fingerprint density at radius 2 is 1.70 bits per heavy atom. The normalized spacial score (nSPS) is 27.3. The van der Waals surface area contributed by atoms with E-state index in [1.165, 1.54) is 17.6 Å². The van der Waals surface area contributed by atoms with Gasteiger partial charge in [0.05, 0.1) is 21.3 Å². The van der Waals surface area contributed by atoms with Crippen LogP contribution in [0.5, 0.6) is 17.2 Å². The fourth-order valence-corrected chi connectivity index (χ4v) is 4.25. The molecule has 1 aliphatic carbocycles. The summed E-state index contributed by atoms with van der Waals surface area (Å²) in [5.74, 6) is 2.16. The maximum absolute atomic E-state index is 5.57. The molecule has 1 heterocycles. The SMILES string of the molecule is COc1cc([C@@]23CCC(C)=C[C@@H]2N(C)CC3)cc(OC)c1OC. The quantitative estimate of drug-likeness (QED) is 0.797. The number of fused-ring (bicyclic) bond motifs is 1. The maximum atomic E-state index is 5.57. The minimum Gasteiger partial charge on any atom is -0.493 e. The van der Waals surface area contributed by atoms with Crippen molar-refractivity contribution in [2.24, 2.45) is 0 Å². The topological polar surface area (TPSA) is 30.9 Å². The van der Waals surface area contributed by atoms with E-state index >= 15 is 0 Å². The van der Waals surface area contributed by atoms with Crippen LogP contribution in [0.4, 0.5) is 0 Å². The van der Waals surface area contributed by atoms with E-state index < -0.39 is 0 Å². The second-order valence-corrected chi connectivity index (χ2v) is 6.76. The van der Waals surface area contributed by atoms with Gasteiger partial charge in [0, 0.05) is 11.5 Å². The van der Waals surface area contributed by atoms with E-state index in [1.807, 2.05) is 0 Å². The average molecular weight is 317 g/mol. The smallest absolute Gasteiger partial charge is 0.203 e. The lowest BCUT2D eigenvalue weighted by Gasteiger charge is -2.40. The summed E-state index contributed by atoms with van der Waals surface area (Å²) in [4.78, 5) is 2.46. The molecule has 0 saturated carbocycles. The molecule has 23 heavy (non-hydrogen) atoms. The molecule has 0 aromatic heterocycles. The van der Waals surface area contributed by atoms with Crippen molar-refractivity contribution in [1.82, 2.24) is 4.90 Å². The number of nitrogens with zero attached hydrogens (tertiary/aromatic N) is 1. The predicted octanol–water partition coefficient (Wildman–Crippen LogP) is 3.39. The van der Waals surface area contributed by atoms with Crippen molar-refractivity contribution < 1.29 is 14.2 Å². The first-order valence-electron chi connectivity index (χ1n) is 8.23. The minimum absolute atomic E-state index is 0.140. The lowest BCUT2D eigenvalue weighted by Crippen LogP contribution is -2.42. The van der Waals surface area contributed by atoms with E-state index in [-0.39, 0.29) is 5.41 Å². The van der Waals surface area contributed by atoms with Crippen molar-refractivity contribution in [2.75, 3.05) is 34.9 Å². The van der Waals surface area contributed by atoms with Crippen molar-refractivity contribution in [3.8, 4) is 17.2 Å². The molecule has 0 bridgehead atoms. The molecule has 0 unspecified atom stereocenters.